The van der Waals surface area contributed by atoms with E-state index >= 15 is 0 Å². The van der Waals surface area contributed by atoms with E-state index in [-0.39, 0.29) is 0 Å². The fourth-order valence-corrected chi connectivity index (χ4v) is 0.127. The van der Waals surface area contributed by atoms with Crippen LogP contribution in [0.15, 0.2) is 0 Å². The van der Waals surface area contributed by atoms with Crippen molar-refractivity contribution in [3.63, 3.8) is 0 Å². The average molecular weight is 160 g/mol. The van der Waals surface area contributed by atoms with Gasteiger partial charge in [-0.1, -0.05) is 0 Å². The van der Waals surface area contributed by atoms with Crippen molar-refractivity contribution in [3.05, 3.63) is 0 Å². The lowest BCUT2D eigenvalue weighted by Crippen LogP contribution is -2.40. The summed E-state index contributed by atoms with van der Waals surface area (Å²) < 4.78 is 33.0. The monoisotopic (exact) mass is 160 g/mol. The molecule has 10 heavy (non-hydrogen) atoms. The molecule has 1 amide bonds. The normalized spacial score (nSPS) is 11.1. The van der Waals surface area contributed by atoms with Crippen LogP contribution < -0.4 is 11.0 Å². The number of hydrogen-bond acceptors (Lipinski definition) is 3. The second-order valence-electron chi connectivity index (χ2n) is 1.08. The number of rotatable bonds is 2. The molecule has 0 aliphatic carbocycles. The predicted molar refractivity (Wildman–Crippen MR) is 21.4 cm³/mol. The first-order valence-corrected chi connectivity index (χ1v) is 1.90. The van der Waals surface area contributed by atoms with Gasteiger partial charge in [0.1, 0.15) is 0 Å². The van der Waals surface area contributed by atoms with E-state index in [9.17, 15) is 18.0 Å². The van der Waals surface area contributed by atoms with Gasteiger partial charge >= 0.3 is 12.5 Å². The summed E-state index contributed by atoms with van der Waals surface area (Å²) in [7, 11) is 0. The minimum atomic E-state index is -4.90. The molecular weight excluding hydrogens is 157 g/mol. The zero-order chi connectivity index (χ0) is 8.20. The molecule has 3 N–H and O–H groups in total. The Labute approximate surface area is 52.7 Å². The first-order chi connectivity index (χ1) is 4.42. The lowest BCUT2D eigenvalue weighted by Gasteiger charge is -2.05. The Morgan fingerprint density at radius 1 is 1.50 bits per heavy atom. The van der Waals surface area contributed by atoms with Crippen LogP contribution in [0.2, 0.25) is 0 Å². The van der Waals surface area contributed by atoms with Crippen LogP contribution in [0.25, 0.3) is 0 Å². The molecule has 0 fully saturated rings. The second kappa shape index (κ2) is 3.22. The minimum Gasteiger partial charge on any atom is -0.464 e. The molecule has 5 nitrogen and oxygen atoms in total. The summed E-state index contributed by atoms with van der Waals surface area (Å²) in [6.45, 7) is 0. The van der Waals surface area contributed by atoms with Crippen molar-refractivity contribution in [1.82, 2.24) is 11.0 Å². The van der Waals surface area contributed by atoms with Gasteiger partial charge in [-0.2, -0.15) is 4.84 Å². The Morgan fingerprint density at radius 2 is 2.00 bits per heavy atom. The van der Waals surface area contributed by atoms with Gasteiger partial charge in [0.05, 0.1) is 0 Å². The molecule has 0 saturated carbocycles. The Kier molecular flexibility index (Phi) is 2.90. The van der Waals surface area contributed by atoms with Crippen molar-refractivity contribution in [3.8, 4) is 0 Å². The molecule has 0 aromatic rings. The Bertz CT molecular complexity index is 123. The van der Waals surface area contributed by atoms with Gasteiger partial charge in [-0.3, -0.25) is 0 Å². The SMILES string of the molecule is O=C(O)NNOC(F)(F)F. The van der Waals surface area contributed by atoms with Crippen LogP contribution >= 0.6 is 0 Å². The highest BCUT2D eigenvalue weighted by Crippen LogP contribution is 2.13. The first kappa shape index (κ1) is 8.98. The standard InChI is InChI=1S/C2H3F3N2O3/c3-2(4,5)10-7-6-1(8)9/h6-7H,(H,8,9). The minimum absolute atomic E-state index is 0.950. The molecule has 0 rings (SSSR count). The van der Waals surface area contributed by atoms with Crippen molar-refractivity contribution >= 4 is 6.09 Å². The van der Waals surface area contributed by atoms with E-state index in [2.05, 4.69) is 4.84 Å². The Hall–Kier alpha value is -1.02. The smallest absolute Gasteiger partial charge is 0.464 e. The van der Waals surface area contributed by atoms with Crippen LogP contribution in [0.4, 0.5) is 18.0 Å². The zero-order valence-corrected chi connectivity index (χ0v) is 4.40. The molecule has 0 spiro atoms. The van der Waals surface area contributed by atoms with Crippen molar-refractivity contribution < 1.29 is 27.9 Å². The number of amides is 1. The van der Waals surface area contributed by atoms with Crippen molar-refractivity contribution in [2.75, 3.05) is 0 Å². The fraction of sp³-hybridized carbons (Fsp3) is 0.500. The average Bonchev–Trinajstić information content (AvgIpc) is 1.59. The van der Waals surface area contributed by atoms with E-state index in [4.69, 9.17) is 5.11 Å². The van der Waals surface area contributed by atoms with E-state index in [0.29, 0.717) is 0 Å². The van der Waals surface area contributed by atoms with Gasteiger partial charge < -0.3 is 5.11 Å². The highest BCUT2D eigenvalue weighted by atomic mass is 19.4. The third kappa shape index (κ3) is 6.98. The highest BCUT2D eigenvalue weighted by molar-refractivity contribution is 5.63. The first-order valence-electron chi connectivity index (χ1n) is 1.90. The van der Waals surface area contributed by atoms with E-state index in [0.717, 1.165) is 11.0 Å². The number of halogens is 3. The lowest BCUT2D eigenvalue weighted by molar-refractivity contribution is -0.355. The molecule has 0 saturated heterocycles. The molecule has 0 aromatic heterocycles. The Morgan fingerprint density at radius 3 is 2.30 bits per heavy atom. The summed E-state index contributed by atoms with van der Waals surface area (Å²) >= 11 is 0. The second-order valence-corrected chi connectivity index (χ2v) is 1.08. The van der Waals surface area contributed by atoms with Crippen LogP contribution in [0.3, 0.4) is 0 Å². The predicted octanol–water partition coefficient (Wildman–Crippen LogP) is 0.210. The summed E-state index contributed by atoms with van der Waals surface area (Å²) in [6, 6.07) is 0. The largest absolute Gasteiger partial charge is 0.540 e. The van der Waals surface area contributed by atoms with Crippen LogP contribution in [-0.4, -0.2) is 17.6 Å². The topological polar surface area (TPSA) is 70.6 Å². The summed E-state index contributed by atoms with van der Waals surface area (Å²) in [4.78, 5) is 12.3. The van der Waals surface area contributed by atoms with Gasteiger partial charge in [0.25, 0.3) is 0 Å². The maximum Gasteiger partial charge on any atom is 0.540 e. The summed E-state index contributed by atoms with van der Waals surface area (Å²) in [5.41, 5.74) is 2.08. The lowest BCUT2D eigenvalue weighted by atomic mass is 11.3. The fourth-order valence-electron chi connectivity index (χ4n) is 0.127. The van der Waals surface area contributed by atoms with Crippen LogP contribution in [0.5, 0.6) is 0 Å². The maximum atomic E-state index is 11.0. The van der Waals surface area contributed by atoms with E-state index < -0.39 is 12.5 Å². The number of carbonyl (C=O) groups is 1. The molecule has 0 unspecified atom stereocenters. The molecule has 0 heterocycles. The van der Waals surface area contributed by atoms with Crippen molar-refractivity contribution in [1.29, 1.82) is 0 Å². The third-order valence-corrected chi connectivity index (χ3v) is 0.325. The number of alkyl halides is 3. The van der Waals surface area contributed by atoms with Gasteiger partial charge in [0.2, 0.25) is 0 Å². The molecule has 0 aliphatic heterocycles. The molecular formula is C2H3F3N2O3. The van der Waals surface area contributed by atoms with Gasteiger partial charge in [-0.25, -0.2) is 10.2 Å². The molecule has 60 valence electrons. The maximum absolute atomic E-state index is 11.0. The summed E-state index contributed by atoms with van der Waals surface area (Å²) in [6.07, 6.45) is -6.58. The number of hydrogen-bond donors (Lipinski definition) is 3. The van der Waals surface area contributed by atoms with Gasteiger partial charge in [0, 0.05) is 0 Å². The van der Waals surface area contributed by atoms with E-state index in [1.807, 2.05) is 0 Å². The van der Waals surface area contributed by atoms with Gasteiger partial charge in [0.15, 0.2) is 0 Å². The number of nitrogens with one attached hydrogen (secondary N) is 2. The van der Waals surface area contributed by atoms with E-state index in [1.54, 1.807) is 0 Å². The van der Waals surface area contributed by atoms with Crippen LogP contribution in [0.1, 0.15) is 0 Å². The van der Waals surface area contributed by atoms with Crippen LogP contribution in [0, 0.1) is 0 Å². The van der Waals surface area contributed by atoms with Gasteiger partial charge in [-0.15, -0.1) is 18.8 Å². The third-order valence-electron chi connectivity index (χ3n) is 0.325. The molecule has 0 bridgehead atoms. The van der Waals surface area contributed by atoms with Gasteiger partial charge in [-0.05, 0) is 0 Å². The number of hydrazine groups is 1. The zero-order valence-electron chi connectivity index (χ0n) is 4.40. The van der Waals surface area contributed by atoms with Crippen LogP contribution in [-0.2, 0) is 4.84 Å². The summed E-state index contributed by atoms with van der Waals surface area (Å²) in [5.74, 6) is 0. The highest BCUT2D eigenvalue weighted by Gasteiger charge is 2.29. The molecule has 8 heteroatoms. The Balaban J connectivity index is 3.29. The molecule has 0 radical (unpaired) electrons. The summed E-state index contributed by atoms with van der Waals surface area (Å²) in [5, 5.41) is 7.69. The molecule has 0 atom stereocenters. The molecule has 0 aliphatic rings. The van der Waals surface area contributed by atoms with E-state index in [1.165, 1.54) is 0 Å². The van der Waals surface area contributed by atoms with Crippen molar-refractivity contribution in [2.24, 2.45) is 0 Å². The number of carboxylic acid groups (broad SMARTS) is 1. The van der Waals surface area contributed by atoms with Crippen molar-refractivity contribution in [2.45, 2.75) is 6.36 Å². The molecule has 0 aromatic carbocycles. The quantitative estimate of drug-likeness (QED) is 0.505.